The average molecular weight is 525 g/mol. The Kier molecular flexibility index (Phi) is 7.52. The third-order valence-corrected chi connectivity index (χ3v) is 7.70. The molecule has 0 saturated carbocycles. The topological polar surface area (TPSA) is 89.5 Å². The first-order valence-corrected chi connectivity index (χ1v) is 13.2. The minimum absolute atomic E-state index is 0.377. The highest BCUT2D eigenvalue weighted by atomic mass is 35.5. The predicted molar refractivity (Wildman–Crippen MR) is 144 cm³/mol. The van der Waals surface area contributed by atoms with Crippen molar-refractivity contribution in [3.63, 3.8) is 0 Å². The van der Waals surface area contributed by atoms with Crippen LogP contribution in [-0.4, -0.2) is 76.6 Å². The lowest BCUT2D eigenvalue weighted by Crippen LogP contribution is -2.44. The smallest absolute Gasteiger partial charge is 0.261 e. The number of likely N-dealkylation sites (N-methyl/N-ethyl adjacent to an activating group) is 1. The fourth-order valence-corrected chi connectivity index (χ4v) is 5.45. The van der Waals surface area contributed by atoms with Gasteiger partial charge in [0, 0.05) is 42.8 Å². The van der Waals surface area contributed by atoms with Gasteiger partial charge in [-0.1, -0.05) is 35.1 Å². The van der Waals surface area contributed by atoms with Crippen LogP contribution in [0.4, 0.5) is 0 Å². The Labute approximate surface area is 219 Å². The van der Waals surface area contributed by atoms with Gasteiger partial charge in [0.25, 0.3) is 5.91 Å². The highest BCUT2D eigenvalue weighted by Crippen LogP contribution is 2.33. The highest BCUT2D eigenvalue weighted by molar-refractivity contribution is 7.16. The molecule has 2 aromatic heterocycles. The van der Waals surface area contributed by atoms with Gasteiger partial charge in [-0.3, -0.25) is 9.36 Å². The van der Waals surface area contributed by atoms with E-state index in [9.17, 15) is 4.79 Å². The van der Waals surface area contributed by atoms with Gasteiger partial charge in [0.2, 0.25) is 0 Å². The summed E-state index contributed by atoms with van der Waals surface area (Å²) >= 11 is 7.39. The van der Waals surface area contributed by atoms with Crippen LogP contribution in [0.3, 0.4) is 0 Å². The molecule has 8 nitrogen and oxygen atoms in total. The number of hydrogen-bond acceptors (Lipinski definition) is 7. The number of amides is 1. The number of hydrogen-bond donors (Lipinski definition) is 1. The lowest BCUT2D eigenvalue weighted by Gasteiger charge is -2.32. The quantitative estimate of drug-likeness (QED) is 0.328. The second-order valence-electron chi connectivity index (χ2n) is 9.01. The van der Waals surface area contributed by atoms with E-state index >= 15 is 0 Å². The van der Waals surface area contributed by atoms with Gasteiger partial charge >= 0.3 is 0 Å². The standard InChI is InChI=1S/C26H29ClN6O2S/c1-31-10-12-32(13-11-31)9-2-3-14-35-20-7-8-21-22(16-20)33(17-29-21)26-30-23(24(36-26)25(28)34)18-5-4-6-19(27)15-18/h4-8,15-17H,2-3,9-14H2,1H3,(H2,28,34). The molecule has 4 aromatic rings. The molecule has 10 heteroatoms. The first kappa shape index (κ1) is 24.7. The van der Waals surface area contributed by atoms with Gasteiger partial charge in [-0.15, -0.1) is 0 Å². The molecule has 1 aliphatic rings. The number of unbranched alkanes of at least 4 members (excludes halogenated alkanes) is 1. The zero-order valence-electron chi connectivity index (χ0n) is 20.2. The van der Waals surface area contributed by atoms with E-state index in [1.807, 2.05) is 34.9 Å². The number of fused-ring (bicyclic) bond motifs is 1. The Morgan fingerprint density at radius 3 is 2.75 bits per heavy atom. The van der Waals surface area contributed by atoms with E-state index in [0.29, 0.717) is 27.3 Å². The van der Waals surface area contributed by atoms with Crippen LogP contribution < -0.4 is 10.5 Å². The molecule has 188 valence electrons. The number of nitrogens with zero attached hydrogens (tertiary/aromatic N) is 5. The molecule has 2 aromatic carbocycles. The van der Waals surface area contributed by atoms with Gasteiger partial charge < -0.3 is 20.3 Å². The van der Waals surface area contributed by atoms with E-state index in [1.54, 1.807) is 18.5 Å². The van der Waals surface area contributed by atoms with Gasteiger partial charge in [-0.05, 0) is 50.7 Å². The molecule has 0 bridgehead atoms. The van der Waals surface area contributed by atoms with Crippen LogP contribution in [0, 0.1) is 0 Å². The number of carbonyl (C=O) groups excluding carboxylic acids is 1. The van der Waals surface area contributed by atoms with E-state index in [0.717, 1.165) is 67.9 Å². The van der Waals surface area contributed by atoms with E-state index in [-0.39, 0.29) is 0 Å². The summed E-state index contributed by atoms with van der Waals surface area (Å²) in [5, 5.41) is 1.17. The normalized spacial score (nSPS) is 14.9. The van der Waals surface area contributed by atoms with Crippen molar-refractivity contribution in [2.45, 2.75) is 12.8 Å². The summed E-state index contributed by atoms with van der Waals surface area (Å²) in [6.07, 6.45) is 3.82. The monoisotopic (exact) mass is 524 g/mol. The first-order valence-electron chi connectivity index (χ1n) is 12.1. The molecule has 0 atom stereocenters. The number of carbonyl (C=O) groups is 1. The minimum Gasteiger partial charge on any atom is -0.494 e. The number of aromatic nitrogens is 3. The second kappa shape index (κ2) is 11.0. The number of imidazole rings is 1. The zero-order valence-corrected chi connectivity index (χ0v) is 21.8. The van der Waals surface area contributed by atoms with E-state index < -0.39 is 5.91 Å². The molecule has 0 aliphatic carbocycles. The Morgan fingerprint density at radius 1 is 1.14 bits per heavy atom. The van der Waals surface area contributed by atoms with Gasteiger partial charge in [0.1, 0.15) is 17.0 Å². The van der Waals surface area contributed by atoms with Crippen LogP contribution in [-0.2, 0) is 0 Å². The van der Waals surface area contributed by atoms with Gasteiger partial charge in [0.15, 0.2) is 5.13 Å². The first-order chi connectivity index (χ1) is 17.5. The third kappa shape index (κ3) is 5.54. The molecular formula is C26H29ClN6O2S. The summed E-state index contributed by atoms with van der Waals surface area (Å²) in [7, 11) is 2.18. The molecule has 5 rings (SSSR count). The summed E-state index contributed by atoms with van der Waals surface area (Å²) in [5.74, 6) is 0.254. The zero-order chi connectivity index (χ0) is 25.1. The van der Waals surface area contributed by atoms with Crippen LogP contribution >= 0.6 is 22.9 Å². The molecule has 1 amide bonds. The number of piperazine rings is 1. The van der Waals surface area contributed by atoms with Gasteiger partial charge in [-0.25, -0.2) is 9.97 Å². The molecule has 0 spiro atoms. The number of rotatable bonds is 9. The van der Waals surface area contributed by atoms with E-state index in [1.165, 1.54) is 11.3 Å². The van der Waals surface area contributed by atoms with E-state index in [4.69, 9.17) is 27.1 Å². The van der Waals surface area contributed by atoms with Crippen LogP contribution in [0.1, 0.15) is 22.5 Å². The average Bonchev–Trinajstić information content (AvgIpc) is 3.49. The SMILES string of the molecule is CN1CCN(CCCCOc2ccc3ncn(-c4nc(-c5cccc(Cl)c5)c(C(N)=O)s4)c3c2)CC1. The number of nitrogens with two attached hydrogens (primary N) is 1. The molecule has 1 saturated heterocycles. The lowest BCUT2D eigenvalue weighted by atomic mass is 10.1. The fraction of sp³-hybridized carbons (Fsp3) is 0.346. The van der Waals surface area contributed by atoms with Crippen molar-refractivity contribution in [2.75, 3.05) is 46.4 Å². The number of thiazole rings is 1. The number of ether oxygens (including phenoxy) is 1. The highest BCUT2D eigenvalue weighted by Gasteiger charge is 2.20. The van der Waals surface area contributed by atoms with Crippen molar-refractivity contribution >= 4 is 39.9 Å². The molecule has 1 aliphatic heterocycles. The molecule has 3 heterocycles. The Hall–Kier alpha value is -2.98. The maximum absolute atomic E-state index is 12.2. The van der Waals surface area contributed by atoms with Crippen molar-refractivity contribution in [2.24, 2.45) is 5.73 Å². The molecular weight excluding hydrogens is 496 g/mol. The van der Waals surface area contributed by atoms with Crippen molar-refractivity contribution in [1.29, 1.82) is 0 Å². The Bertz CT molecular complexity index is 1360. The van der Waals surface area contributed by atoms with Crippen LogP contribution in [0.5, 0.6) is 5.75 Å². The van der Waals surface area contributed by atoms with Crippen molar-refractivity contribution in [3.05, 3.63) is 58.7 Å². The Morgan fingerprint density at radius 2 is 1.97 bits per heavy atom. The maximum atomic E-state index is 12.2. The van der Waals surface area contributed by atoms with Crippen molar-refractivity contribution < 1.29 is 9.53 Å². The fourth-order valence-electron chi connectivity index (χ4n) is 4.34. The number of halogens is 1. The van der Waals surface area contributed by atoms with Crippen LogP contribution in [0.25, 0.3) is 27.4 Å². The number of benzene rings is 2. The second-order valence-corrected chi connectivity index (χ2v) is 10.4. The summed E-state index contributed by atoms with van der Waals surface area (Å²) in [6, 6.07) is 13.1. The Balaban J connectivity index is 1.29. The largest absolute Gasteiger partial charge is 0.494 e. The third-order valence-electron chi connectivity index (χ3n) is 6.40. The van der Waals surface area contributed by atoms with Crippen molar-refractivity contribution in [3.8, 4) is 22.1 Å². The van der Waals surface area contributed by atoms with Gasteiger partial charge in [-0.2, -0.15) is 0 Å². The van der Waals surface area contributed by atoms with Gasteiger partial charge in [0.05, 0.1) is 23.3 Å². The molecule has 2 N–H and O–H groups in total. The lowest BCUT2D eigenvalue weighted by molar-refractivity contribution is 0.100. The molecule has 1 fully saturated rings. The van der Waals surface area contributed by atoms with E-state index in [2.05, 4.69) is 21.8 Å². The minimum atomic E-state index is -0.529. The number of primary amides is 1. The maximum Gasteiger partial charge on any atom is 0.261 e. The summed E-state index contributed by atoms with van der Waals surface area (Å²) in [5.41, 5.74) is 8.60. The summed E-state index contributed by atoms with van der Waals surface area (Å²) in [4.78, 5) is 26.7. The summed E-state index contributed by atoms with van der Waals surface area (Å²) < 4.78 is 7.92. The predicted octanol–water partition coefficient (Wildman–Crippen LogP) is 4.31. The molecule has 36 heavy (non-hydrogen) atoms. The van der Waals surface area contributed by atoms with Crippen LogP contribution in [0.2, 0.25) is 5.02 Å². The summed E-state index contributed by atoms with van der Waals surface area (Å²) in [6.45, 7) is 6.35. The van der Waals surface area contributed by atoms with Crippen molar-refractivity contribution in [1.82, 2.24) is 24.3 Å². The molecule has 0 unspecified atom stereocenters. The van der Waals surface area contributed by atoms with Crippen LogP contribution in [0.15, 0.2) is 48.8 Å². The molecule has 0 radical (unpaired) electrons.